The highest BCUT2D eigenvalue weighted by molar-refractivity contribution is 5.98. The zero-order chi connectivity index (χ0) is 18.1. The summed E-state index contributed by atoms with van der Waals surface area (Å²) in [4.78, 5) is 26.1. The number of carboxylic acid groups (broad SMARTS) is 1. The van der Waals surface area contributed by atoms with Crippen LogP contribution in [-0.4, -0.2) is 28.4 Å². The van der Waals surface area contributed by atoms with Gasteiger partial charge in [0, 0.05) is 12.1 Å². The van der Waals surface area contributed by atoms with Gasteiger partial charge in [-0.15, -0.1) is 0 Å². The van der Waals surface area contributed by atoms with E-state index in [1.807, 2.05) is 11.0 Å². The predicted molar refractivity (Wildman–Crippen MR) is 93.7 cm³/mol. The summed E-state index contributed by atoms with van der Waals surface area (Å²) in [6.07, 6.45) is 3.04. The molecule has 25 heavy (non-hydrogen) atoms. The van der Waals surface area contributed by atoms with Crippen LogP contribution in [0, 0.1) is 20.8 Å². The van der Waals surface area contributed by atoms with E-state index in [4.69, 9.17) is 9.52 Å². The molecule has 1 fully saturated rings. The zero-order valence-corrected chi connectivity index (χ0v) is 14.8. The SMILES string of the molecule is Cc1cccc(C2CCCN2C(=O)c2c(C)coc2CC(=O)O)c1C. The number of hydrogen-bond donors (Lipinski definition) is 1. The van der Waals surface area contributed by atoms with Crippen LogP contribution >= 0.6 is 0 Å². The number of amides is 1. The first-order valence-electron chi connectivity index (χ1n) is 8.56. The third-order valence-corrected chi connectivity index (χ3v) is 5.10. The van der Waals surface area contributed by atoms with E-state index in [1.54, 1.807) is 6.92 Å². The van der Waals surface area contributed by atoms with Crippen LogP contribution in [-0.2, 0) is 11.2 Å². The van der Waals surface area contributed by atoms with E-state index in [2.05, 4.69) is 26.0 Å². The Morgan fingerprint density at radius 1 is 1.24 bits per heavy atom. The summed E-state index contributed by atoms with van der Waals surface area (Å²) in [5.74, 6) is -0.900. The Hall–Kier alpha value is -2.56. The number of aliphatic carboxylic acids is 1. The lowest BCUT2D eigenvalue weighted by molar-refractivity contribution is -0.136. The van der Waals surface area contributed by atoms with E-state index < -0.39 is 5.97 Å². The normalized spacial score (nSPS) is 17.1. The lowest BCUT2D eigenvalue weighted by Gasteiger charge is -2.27. The van der Waals surface area contributed by atoms with Crippen LogP contribution in [0.3, 0.4) is 0 Å². The molecule has 5 heteroatoms. The van der Waals surface area contributed by atoms with Gasteiger partial charge in [0.1, 0.15) is 12.2 Å². The molecule has 1 unspecified atom stereocenters. The van der Waals surface area contributed by atoms with Crippen molar-refractivity contribution in [2.24, 2.45) is 0 Å². The first-order chi connectivity index (χ1) is 11.9. The third-order valence-electron chi connectivity index (χ3n) is 5.10. The molecule has 5 nitrogen and oxygen atoms in total. The van der Waals surface area contributed by atoms with Gasteiger partial charge in [-0.05, 0) is 50.3 Å². The number of carbonyl (C=O) groups excluding carboxylic acids is 1. The number of hydrogen-bond acceptors (Lipinski definition) is 3. The summed E-state index contributed by atoms with van der Waals surface area (Å²) in [7, 11) is 0. The van der Waals surface area contributed by atoms with E-state index in [0.717, 1.165) is 12.8 Å². The standard InChI is InChI=1S/C20H23NO4/c1-12-6-4-7-15(14(12)3)16-8-5-9-21(16)20(24)19-13(2)11-25-17(19)10-18(22)23/h4,6-7,11,16H,5,8-10H2,1-3H3,(H,22,23). The Labute approximate surface area is 147 Å². The zero-order valence-electron chi connectivity index (χ0n) is 14.8. The molecule has 2 aromatic rings. The Morgan fingerprint density at radius 3 is 2.72 bits per heavy atom. The van der Waals surface area contributed by atoms with Gasteiger partial charge in [-0.1, -0.05) is 18.2 Å². The van der Waals surface area contributed by atoms with E-state index in [1.165, 1.54) is 23.0 Å². The molecule has 3 rings (SSSR count). The number of nitrogens with zero attached hydrogens (tertiary/aromatic N) is 1. The van der Waals surface area contributed by atoms with Crippen molar-refractivity contribution >= 4 is 11.9 Å². The van der Waals surface area contributed by atoms with Crippen LogP contribution in [0.15, 0.2) is 28.9 Å². The minimum atomic E-state index is -1.00. The van der Waals surface area contributed by atoms with Crippen LogP contribution in [0.2, 0.25) is 0 Å². The van der Waals surface area contributed by atoms with Crippen LogP contribution in [0.25, 0.3) is 0 Å². The van der Waals surface area contributed by atoms with Crippen molar-refractivity contribution in [2.75, 3.05) is 6.54 Å². The van der Waals surface area contributed by atoms with Crippen LogP contribution in [0.4, 0.5) is 0 Å². The topological polar surface area (TPSA) is 70.8 Å². The lowest BCUT2D eigenvalue weighted by atomic mass is 9.95. The maximum absolute atomic E-state index is 13.2. The first kappa shape index (κ1) is 17.3. The summed E-state index contributed by atoms with van der Waals surface area (Å²) in [6.45, 7) is 6.62. The van der Waals surface area contributed by atoms with Crippen molar-refractivity contribution in [3.05, 3.63) is 58.0 Å². The fourth-order valence-electron chi connectivity index (χ4n) is 3.66. The summed E-state index contributed by atoms with van der Waals surface area (Å²) >= 11 is 0. The summed E-state index contributed by atoms with van der Waals surface area (Å²) in [5, 5.41) is 9.06. The van der Waals surface area contributed by atoms with Crippen molar-refractivity contribution in [3.63, 3.8) is 0 Å². The Morgan fingerprint density at radius 2 is 2.00 bits per heavy atom. The number of likely N-dealkylation sites (tertiary alicyclic amines) is 1. The maximum atomic E-state index is 13.2. The highest BCUT2D eigenvalue weighted by Gasteiger charge is 2.34. The van der Waals surface area contributed by atoms with Gasteiger partial charge in [-0.3, -0.25) is 9.59 Å². The number of carboxylic acids is 1. The van der Waals surface area contributed by atoms with Gasteiger partial charge in [-0.2, -0.15) is 0 Å². The first-order valence-corrected chi connectivity index (χ1v) is 8.56. The van der Waals surface area contributed by atoms with Gasteiger partial charge in [0.2, 0.25) is 0 Å². The highest BCUT2D eigenvalue weighted by atomic mass is 16.4. The van der Waals surface area contributed by atoms with Gasteiger partial charge < -0.3 is 14.4 Å². The maximum Gasteiger partial charge on any atom is 0.311 e. The molecule has 1 atom stereocenters. The Bertz CT molecular complexity index is 821. The van der Waals surface area contributed by atoms with E-state index in [0.29, 0.717) is 17.7 Å². The van der Waals surface area contributed by atoms with E-state index >= 15 is 0 Å². The molecule has 132 valence electrons. The molecule has 0 spiro atoms. The molecular formula is C20H23NO4. The molecule has 0 saturated carbocycles. The largest absolute Gasteiger partial charge is 0.481 e. The van der Waals surface area contributed by atoms with Crippen molar-refractivity contribution in [1.82, 2.24) is 4.90 Å². The van der Waals surface area contributed by atoms with Gasteiger partial charge in [0.25, 0.3) is 5.91 Å². The smallest absolute Gasteiger partial charge is 0.311 e. The minimum absolute atomic E-state index is 0.0272. The Kier molecular flexibility index (Phi) is 4.66. The monoisotopic (exact) mass is 341 g/mol. The second kappa shape index (κ2) is 6.75. The number of furan rings is 1. The average Bonchev–Trinajstić information content (AvgIpc) is 3.16. The number of benzene rings is 1. The fourth-order valence-corrected chi connectivity index (χ4v) is 3.66. The number of rotatable bonds is 4. The molecule has 1 aliphatic heterocycles. The van der Waals surface area contributed by atoms with Gasteiger partial charge in [0.15, 0.2) is 0 Å². The van der Waals surface area contributed by atoms with Crippen molar-refractivity contribution in [3.8, 4) is 0 Å². The predicted octanol–water partition coefficient (Wildman–Crippen LogP) is 3.81. The molecule has 1 N–H and O–H groups in total. The van der Waals surface area contributed by atoms with Crippen LogP contribution < -0.4 is 0 Å². The molecule has 1 aromatic heterocycles. The average molecular weight is 341 g/mol. The molecule has 1 saturated heterocycles. The molecule has 1 aromatic carbocycles. The third kappa shape index (κ3) is 3.18. The van der Waals surface area contributed by atoms with Gasteiger partial charge >= 0.3 is 5.97 Å². The number of carbonyl (C=O) groups is 2. The lowest BCUT2D eigenvalue weighted by Crippen LogP contribution is -2.32. The quantitative estimate of drug-likeness (QED) is 0.918. The Balaban J connectivity index is 1.96. The van der Waals surface area contributed by atoms with Crippen LogP contribution in [0.5, 0.6) is 0 Å². The van der Waals surface area contributed by atoms with Gasteiger partial charge in [0.05, 0.1) is 17.9 Å². The molecule has 0 radical (unpaired) electrons. The summed E-state index contributed by atoms with van der Waals surface area (Å²) < 4.78 is 5.34. The highest BCUT2D eigenvalue weighted by Crippen LogP contribution is 2.36. The molecule has 1 amide bonds. The van der Waals surface area contributed by atoms with Crippen molar-refractivity contribution < 1.29 is 19.1 Å². The molecular weight excluding hydrogens is 318 g/mol. The fraction of sp³-hybridized carbons (Fsp3) is 0.400. The molecule has 1 aliphatic rings. The second-order valence-corrected chi connectivity index (χ2v) is 6.73. The minimum Gasteiger partial charge on any atom is -0.481 e. The molecule has 0 bridgehead atoms. The van der Waals surface area contributed by atoms with E-state index in [9.17, 15) is 9.59 Å². The van der Waals surface area contributed by atoms with Crippen LogP contribution in [0.1, 0.15) is 57.3 Å². The number of aryl methyl sites for hydroxylation is 2. The van der Waals surface area contributed by atoms with Crippen molar-refractivity contribution in [1.29, 1.82) is 0 Å². The van der Waals surface area contributed by atoms with E-state index in [-0.39, 0.29) is 24.1 Å². The summed E-state index contributed by atoms with van der Waals surface area (Å²) in [6, 6.07) is 6.21. The summed E-state index contributed by atoms with van der Waals surface area (Å²) in [5.41, 5.74) is 4.68. The second-order valence-electron chi connectivity index (χ2n) is 6.73. The molecule has 0 aliphatic carbocycles. The van der Waals surface area contributed by atoms with Crippen molar-refractivity contribution in [2.45, 2.75) is 46.1 Å². The van der Waals surface area contributed by atoms with Gasteiger partial charge in [-0.25, -0.2) is 0 Å². The molecule has 2 heterocycles.